The number of fused-ring (bicyclic) bond motifs is 1. The number of pyridine rings is 1. The van der Waals surface area contributed by atoms with Crippen LogP contribution in [0.5, 0.6) is 0 Å². The number of nitrogens with zero attached hydrogens (tertiary/aromatic N) is 3. The van der Waals surface area contributed by atoms with Gasteiger partial charge in [-0.15, -0.1) is 0 Å². The lowest BCUT2D eigenvalue weighted by molar-refractivity contribution is 0.828. The number of hydrogen-bond donors (Lipinski definition) is 1. The molecule has 2 heterocycles. The normalized spacial score (nSPS) is 10.9. The lowest BCUT2D eigenvalue weighted by Gasteiger charge is -2.05. The predicted octanol–water partition coefficient (Wildman–Crippen LogP) is 2.72. The van der Waals surface area contributed by atoms with Gasteiger partial charge in [0.1, 0.15) is 5.52 Å². The van der Waals surface area contributed by atoms with Gasteiger partial charge in [-0.2, -0.15) is 0 Å². The summed E-state index contributed by atoms with van der Waals surface area (Å²) in [6.07, 6.45) is 1.60. The molecule has 0 radical (unpaired) electrons. The average molecular weight is 259 g/mol. The Morgan fingerprint density at radius 1 is 1.22 bits per heavy atom. The summed E-state index contributed by atoms with van der Waals surface area (Å²) >= 11 is 5.89. The van der Waals surface area contributed by atoms with Crippen LogP contribution in [0.3, 0.4) is 0 Å². The van der Waals surface area contributed by atoms with E-state index in [0.29, 0.717) is 17.5 Å². The molecule has 0 aliphatic rings. The van der Waals surface area contributed by atoms with Crippen LogP contribution in [0.4, 0.5) is 5.95 Å². The zero-order valence-electron chi connectivity index (χ0n) is 9.55. The molecule has 0 amide bonds. The number of rotatable bonds is 2. The van der Waals surface area contributed by atoms with Crippen molar-refractivity contribution in [3.8, 4) is 0 Å². The zero-order chi connectivity index (χ0) is 12.5. The first-order chi connectivity index (χ1) is 8.74. The third-order valence-electron chi connectivity index (χ3n) is 2.76. The van der Waals surface area contributed by atoms with Gasteiger partial charge in [-0.1, -0.05) is 41.9 Å². The second kappa shape index (κ2) is 4.31. The summed E-state index contributed by atoms with van der Waals surface area (Å²) in [5.41, 5.74) is 8.54. The second-order valence-electron chi connectivity index (χ2n) is 4.04. The van der Waals surface area contributed by atoms with E-state index >= 15 is 0 Å². The van der Waals surface area contributed by atoms with Crippen molar-refractivity contribution in [2.45, 2.75) is 6.54 Å². The van der Waals surface area contributed by atoms with Crippen molar-refractivity contribution < 1.29 is 0 Å². The van der Waals surface area contributed by atoms with E-state index in [4.69, 9.17) is 17.3 Å². The molecule has 0 bridgehead atoms. The first-order valence-corrected chi connectivity index (χ1v) is 5.93. The third kappa shape index (κ3) is 1.91. The maximum atomic E-state index is 5.92. The van der Waals surface area contributed by atoms with Crippen molar-refractivity contribution in [1.29, 1.82) is 0 Å². The van der Waals surface area contributed by atoms with Crippen LogP contribution >= 0.6 is 11.6 Å². The van der Waals surface area contributed by atoms with Crippen LogP contribution in [-0.2, 0) is 6.54 Å². The first-order valence-electron chi connectivity index (χ1n) is 5.55. The standard InChI is InChI=1S/C13H11ClN4/c14-10-6-11-12(16-7-10)18(13(15)17-11)8-9-4-2-1-3-5-9/h1-7H,8H2,(H2,15,17). The van der Waals surface area contributed by atoms with Crippen molar-refractivity contribution in [2.24, 2.45) is 0 Å². The molecule has 0 spiro atoms. The smallest absolute Gasteiger partial charge is 0.202 e. The van der Waals surface area contributed by atoms with E-state index in [9.17, 15) is 0 Å². The fourth-order valence-corrected chi connectivity index (χ4v) is 2.08. The number of aromatic nitrogens is 3. The Morgan fingerprint density at radius 3 is 2.78 bits per heavy atom. The maximum Gasteiger partial charge on any atom is 0.202 e. The molecule has 18 heavy (non-hydrogen) atoms. The van der Waals surface area contributed by atoms with E-state index in [2.05, 4.69) is 9.97 Å². The molecular weight excluding hydrogens is 248 g/mol. The highest BCUT2D eigenvalue weighted by Gasteiger charge is 2.10. The maximum absolute atomic E-state index is 5.92. The van der Waals surface area contributed by atoms with Gasteiger partial charge in [0.05, 0.1) is 11.6 Å². The summed E-state index contributed by atoms with van der Waals surface area (Å²) in [6, 6.07) is 11.8. The molecule has 0 unspecified atom stereocenters. The van der Waals surface area contributed by atoms with Gasteiger partial charge < -0.3 is 5.73 Å². The van der Waals surface area contributed by atoms with Crippen molar-refractivity contribution in [3.05, 3.63) is 53.2 Å². The highest BCUT2D eigenvalue weighted by atomic mass is 35.5. The van der Waals surface area contributed by atoms with E-state index in [1.165, 1.54) is 0 Å². The molecule has 0 saturated carbocycles. The Morgan fingerprint density at radius 2 is 2.00 bits per heavy atom. The Hall–Kier alpha value is -2.07. The lowest BCUT2D eigenvalue weighted by atomic mass is 10.2. The van der Waals surface area contributed by atoms with Crippen LogP contribution in [-0.4, -0.2) is 14.5 Å². The Balaban J connectivity index is 2.09. The predicted molar refractivity (Wildman–Crippen MR) is 72.5 cm³/mol. The van der Waals surface area contributed by atoms with Crippen LogP contribution in [0, 0.1) is 0 Å². The molecule has 5 heteroatoms. The van der Waals surface area contributed by atoms with Gasteiger partial charge in [-0.05, 0) is 11.6 Å². The van der Waals surface area contributed by atoms with Gasteiger partial charge in [-0.25, -0.2) is 9.97 Å². The first kappa shape index (κ1) is 11.0. The van der Waals surface area contributed by atoms with E-state index in [0.717, 1.165) is 16.7 Å². The number of halogens is 1. The van der Waals surface area contributed by atoms with Crippen LogP contribution in [0.2, 0.25) is 5.02 Å². The number of anilines is 1. The third-order valence-corrected chi connectivity index (χ3v) is 2.97. The monoisotopic (exact) mass is 258 g/mol. The highest BCUT2D eigenvalue weighted by Crippen LogP contribution is 2.20. The van der Waals surface area contributed by atoms with Gasteiger partial charge >= 0.3 is 0 Å². The Kier molecular flexibility index (Phi) is 2.64. The fraction of sp³-hybridized carbons (Fsp3) is 0.0769. The van der Waals surface area contributed by atoms with Crippen molar-refractivity contribution in [1.82, 2.24) is 14.5 Å². The van der Waals surface area contributed by atoms with Crippen molar-refractivity contribution in [2.75, 3.05) is 5.73 Å². The molecule has 4 nitrogen and oxygen atoms in total. The summed E-state index contributed by atoms with van der Waals surface area (Å²) < 4.78 is 1.88. The van der Waals surface area contributed by atoms with Crippen LogP contribution in [0.15, 0.2) is 42.6 Å². The molecule has 0 fully saturated rings. The molecule has 3 aromatic rings. The minimum atomic E-state index is 0.448. The topological polar surface area (TPSA) is 56.7 Å². The van der Waals surface area contributed by atoms with Crippen LogP contribution in [0.25, 0.3) is 11.2 Å². The molecule has 3 rings (SSSR count). The summed E-state index contributed by atoms with van der Waals surface area (Å²) in [7, 11) is 0. The Labute approximate surface area is 109 Å². The van der Waals surface area contributed by atoms with Crippen molar-refractivity contribution >= 4 is 28.7 Å². The summed E-state index contributed by atoms with van der Waals surface area (Å²) in [4.78, 5) is 8.55. The van der Waals surface area contributed by atoms with Gasteiger partial charge in [-0.3, -0.25) is 4.57 Å². The van der Waals surface area contributed by atoms with E-state index in [1.54, 1.807) is 12.3 Å². The molecule has 90 valence electrons. The van der Waals surface area contributed by atoms with Gasteiger partial charge in [0.2, 0.25) is 5.95 Å². The van der Waals surface area contributed by atoms with Crippen LogP contribution < -0.4 is 5.73 Å². The number of nitrogen functional groups attached to an aromatic ring is 1. The van der Waals surface area contributed by atoms with E-state index in [1.807, 2.05) is 34.9 Å². The molecule has 0 saturated heterocycles. The second-order valence-corrected chi connectivity index (χ2v) is 4.47. The van der Waals surface area contributed by atoms with Gasteiger partial charge in [0.15, 0.2) is 5.65 Å². The fourth-order valence-electron chi connectivity index (χ4n) is 1.93. The number of benzene rings is 1. The summed E-state index contributed by atoms with van der Waals surface area (Å²) in [6.45, 7) is 0.651. The minimum absolute atomic E-state index is 0.448. The van der Waals surface area contributed by atoms with Crippen molar-refractivity contribution in [3.63, 3.8) is 0 Å². The highest BCUT2D eigenvalue weighted by molar-refractivity contribution is 6.31. The van der Waals surface area contributed by atoms with Gasteiger partial charge in [0.25, 0.3) is 0 Å². The summed E-state index contributed by atoms with van der Waals surface area (Å²) in [5.74, 6) is 0.448. The van der Waals surface area contributed by atoms with E-state index < -0.39 is 0 Å². The zero-order valence-corrected chi connectivity index (χ0v) is 10.3. The molecule has 2 aromatic heterocycles. The molecular formula is C13H11ClN4. The number of hydrogen-bond acceptors (Lipinski definition) is 3. The van der Waals surface area contributed by atoms with Gasteiger partial charge in [0, 0.05) is 6.20 Å². The average Bonchev–Trinajstić information content (AvgIpc) is 2.66. The SMILES string of the molecule is Nc1nc2cc(Cl)cnc2n1Cc1ccccc1. The lowest BCUT2D eigenvalue weighted by Crippen LogP contribution is -2.05. The largest absolute Gasteiger partial charge is 0.369 e. The molecule has 2 N–H and O–H groups in total. The molecule has 0 aliphatic heterocycles. The summed E-state index contributed by atoms with van der Waals surface area (Å²) in [5, 5.41) is 0.562. The quantitative estimate of drug-likeness (QED) is 0.769. The van der Waals surface area contributed by atoms with E-state index in [-0.39, 0.29) is 0 Å². The molecule has 0 atom stereocenters. The molecule has 1 aromatic carbocycles. The molecule has 0 aliphatic carbocycles. The minimum Gasteiger partial charge on any atom is -0.369 e. The Bertz CT molecular complexity index is 691. The number of imidazole rings is 1. The van der Waals surface area contributed by atoms with Crippen LogP contribution in [0.1, 0.15) is 5.56 Å². The number of nitrogens with two attached hydrogens (primary N) is 1.